The summed E-state index contributed by atoms with van der Waals surface area (Å²) in [4.78, 5) is 24.7. The number of nitriles is 1. The number of benzene rings is 1. The minimum atomic E-state index is -1.28. The summed E-state index contributed by atoms with van der Waals surface area (Å²) < 4.78 is 0.860. The Morgan fingerprint density at radius 2 is 1.87 bits per heavy atom. The van der Waals surface area contributed by atoms with E-state index >= 15 is 0 Å². The summed E-state index contributed by atoms with van der Waals surface area (Å²) in [5.41, 5.74) is 0.609. The van der Waals surface area contributed by atoms with Crippen LogP contribution >= 0.6 is 15.9 Å². The van der Waals surface area contributed by atoms with E-state index in [4.69, 9.17) is 0 Å². The van der Waals surface area contributed by atoms with Crippen LogP contribution in [0.3, 0.4) is 0 Å². The van der Waals surface area contributed by atoms with E-state index < -0.39 is 18.2 Å². The summed E-state index contributed by atoms with van der Waals surface area (Å²) in [6, 6.07) is 7.02. The molecule has 0 saturated heterocycles. The van der Waals surface area contributed by atoms with Gasteiger partial charge in [0.2, 0.25) is 0 Å². The number of nitrogens with one attached hydrogen (secondary N) is 1. The fourth-order valence-electron chi connectivity index (χ4n) is 2.79. The molecule has 6 nitrogen and oxygen atoms in total. The maximum absolute atomic E-state index is 12.4. The molecular formula is C16H18BrN3O3. The first kappa shape index (κ1) is 17.3. The number of hydrogen-bond acceptors (Lipinski definition) is 3. The number of hydrogen-bond donors (Lipinski definition) is 2. The third-order valence-electron chi connectivity index (χ3n) is 3.96. The Labute approximate surface area is 143 Å². The van der Waals surface area contributed by atoms with Gasteiger partial charge in [0.05, 0.1) is 6.07 Å². The number of carbonyl (C=O) groups excluding carboxylic acids is 1. The predicted octanol–water partition coefficient (Wildman–Crippen LogP) is 4.04. The summed E-state index contributed by atoms with van der Waals surface area (Å²) >= 11 is 3.31. The van der Waals surface area contributed by atoms with Gasteiger partial charge in [-0.2, -0.15) is 5.26 Å². The van der Waals surface area contributed by atoms with E-state index in [2.05, 4.69) is 21.2 Å². The molecule has 2 N–H and O–H groups in total. The minimum absolute atomic E-state index is 0.314. The van der Waals surface area contributed by atoms with E-state index in [0.717, 1.165) is 28.6 Å². The molecule has 1 aliphatic rings. The van der Waals surface area contributed by atoms with E-state index in [0.29, 0.717) is 18.4 Å². The first-order valence-electron chi connectivity index (χ1n) is 7.50. The van der Waals surface area contributed by atoms with Gasteiger partial charge in [0.15, 0.2) is 0 Å². The second-order valence-electron chi connectivity index (χ2n) is 5.51. The molecule has 0 radical (unpaired) electrons. The summed E-state index contributed by atoms with van der Waals surface area (Å²) in [7, 11) is 0. The lowest BCUT2D eigenvalue weighted by Gasteiger charge is -2.31. The van der Waals surface area contributed by atoms with Gasteiger partial charge in [0.25, 0.3) is 0 Å². The molecule has 1 aromatic rings. The lowest BCUT2D eigenvalue weighted by atomic mass is 9.94. The number of halogens is 1. The molecule has 7 heteroatoms. The second-order valence-corrected chi connectivity index (χ2v) is 6.42. The van der Waals surface area contributed by atoms with Gasteiger partial charge in [-0.3, -0.25) is 0 Å². The SMILES string of the molecule is N#CC(NC(=O)N(C(=O)O)C1CCCCC1)c1ccc(Br)cc1. The normalized spacial score (nSPS) is 16.2. The monoisotopic (exact) mass is 379 g/mol. The summed E-state index contributed by atoms with van der Waals surface area (Å²) in [6.07, 6.45) is 2.96. The van der Waals surface area contributed by atoms with Crippen molar-refractivity contribution >= 4 is 28.1 Å². The third-order valence-corrected chi connectivity index (χ3v) is 4.49. The van der Waals surface area contributed by atoms with E-state index in [9.17, 15) is 20.0 Å². The summed E-state index contributed by atoms with van der Waals surface area (Å²) in [5, 5.41) is 21.2. The predicted molar refractivity (Wildman–Crippen MR) is 87.8 cm³/mol. The van der Waals surface area contributed by atoms with Crippen LogP contribution in [-0.4, -0.2) is 28.2 Å². The molecule has 3 amide bonds. The van der Waals surface area contributed by atoms with E-state index in [1.807, 2.05) is 6.07 Å². The molecule has 1 saturated carbocycles. The molecule has 1 aromatic carbocycles. The lowest BCUT2D eigenvalue weighted by Crippen LogP contribution is -2.50. The maximum atomic E-state index is 12.4. The molecule has 0 bridgehead atoms. The first-order valence-corrected chi connectivity index (χ1v) is 8.30. The number of nitrogens with zero attached hydrogens (tertiary/aromatic N) is 2. The molecule has 0 heterocycles. The van der Waals surface area contributed by atoms with Crippen LogP contribution in [0.1, 0.15) is 43.7 Å². The molecule has 1 unspecified atom stereocenters. The fraction of sp³-hybridized carbons (Fsp3) is 0.438. The Kier molecular flexibility index (Phi) is 5.99. The van der Waals surface area contributed by atoms with Crippen molar-refractivity contribution in [2.24, 2.45) is 0 Å². The van der Waals surface area contributed by atoms with E-state index in [1.54, 1.807) is 24.3 Å². The number of rotatable bonds is 3. The molecule has 1 atom stereocenters. The Morgan fingerprint density at radius 3 is 2.39 bits per heavy atom. The molecule has 122 valence electrons. The maximum Gasteiger partial charge on any atom is 0.415 e. The Morgan fingerprint density at radius 1 is 1.26 bits per heavy atom. The van der Waals surface area contributed by atoms with Crippen LogP contribution in [0.25, 0.3) is 0 Å². The van der Waals surface area contributed by atoms with E-state index in [-0.39, 0.29) is 6.04 Å². The molecule has 23 heavy (non-hydrogen) atoms. The van der Waals surface area contributed by atoms with E-state index in [1.165, 1.54) is 0 Å². The third kappa shape index (κ3) is 4.45. The molecule has 2 rings (SSSR count). The van der Waals surface area contributed by atoms with Crippen molar-refractivity contribution in [3.05, 3.63) is 34.3 Å². The van der Waals surface area contributed by atoms with Crippen molar-refractivity contribution in [2.45, 2.75) is 44.2 Å². The minimum Gasteiger partial charge on any atom is -0.465 e. The average Bonchev–Trinajstić information content (AvgIpc) is 2.54. The van der Waals surface area contributed by atoms with Gasteiger partial charge >= 0.3 is 12.1 Å². The van der Waals surface area contributed by atoms with Crippen molar-refractivity contribution in [3.63, 3.8) is 0 Å². The second kappa shape index (κ2) is 7.97. The average molecular weight is 380 g/mol. The number of urea groups is 1. The Hall–Kier alpha value is -2.07. The van der Waals surface area contributed by atoms with Crippen LogP contribution in [0.15, 0.2) is 28.7 Å². The van der Waals surface area contributed by atoms with Crippen LogP contribution < -0.4 is 5.32 Å². The Balaban J connectivity index is 2.11. The standard InChI is InChI=1S/C16H18BrN3O3/c17-12-8-6-11(7-9-12)14(10-18)19-15(21)20(16(22)23)13-4-2-1-3-5-13/h6-9,13-14H,1-5H2,(H,19,21)(H,22,23). The summed E-state index contributed by atoms with van der Waals surface area (Å²) in [6.45, 7) is 0. The number of carbonyl (C=O) groups is 2. The Bertz CT molecular complexity index is 606. The zero-order valence-corrected chi connectivity index (χ0v) is 14.1. The van der Waals surface area contributed by atoms with Gasteiger partial charge in [0, 0.05) is 10.5 Å². The zero-order valence-electron chi connectivity index (χ0n) is 12.5. The quantitative estimate of drug-likeness (QED) is 0.828. The zero-order chi connectivity index (χ0) is 16.8. The van der Waals surface area contributed by atoms with Crippen molar-refractivity contribution in [2.75, 3.05) is 0 Å². The van der Waals surface area contributed by atoms with Gasteiger partial charge in [-0.25, -0.2) is 14.5 Å². The first-order chi connectivity index (χ1) is 11.0. The van der Waals surface area contributed by atoms with Crippen LogP contribution in [-0.2, 0) is 0 Å². The van der Waals surface area contributed by atoms with Gasteiger partial charge in [0.1, 0.15) is 6.04 Å². The topological polar surface area (TPSA) is 93.4 Å². The largest absolute Gasteiger partial charge is 0.465 e. The van der Waals surface area contributed by atoms with Crippen LogP contribution in [0.2, 0.25) is 0 Å². The number of amides is 3. The molecule has 1 fully saturated rings. The van der Waals surface area contributed by atoms with Gasteiger partial charge in [-0.1, -0.05) is 47.3 Å². The number of carboxylic acid groups (broad SMARTS) is 1. The molecule has 0 aliphatic heterocycles. The highest BCUT2D eigenvalue weighted by Crippen LogP contribution is 2.24. The van der Waals surface area contributed by atoms with Crippen LogP contribution in [0, 0.1) is 11.3 Å². The molecular weight excluding hydrogens is 362 g/mol. The van der Waals surface area contributed by atoms with Crippen molar-refractivity contribution in [3.8, 4) is 6.07 Å². The highest BCUT2D eigenvalue weighted by Gasteiger charge is 2.32. The van der Waals surface area contributed by atoms with Crippen molar-refractivity contribution in [1.82, 2.24) is 10.2 Å². The number of imide groups is 1. The lowest BCUT2D eigenvalue weighted by molar-refractivity contribution is 0.120. The van der Waals surface area contributed by atoms with Crippen molar-refractivity contribution in [1.29, 1.82) is 5.26 Å². The van der Waals surface area contributed by atoms with Crippen LogP contribution in [0.5, 0.6) is 0 Å². The fourth-order valence-corrected chi connectivity index (χ4v) is 3.05. The van der Waals surface area contributed by atoms with Gasteiger partial charge in [-0.15, -0.1) is 0 Å². The molecule has 1 aliphatic carbocycles. The highest BCUT2D eigenvalue weighted by molar-refractivity contribution is 9.10. The van der Waals surface area contributed by atoms with Gasteiger partial charge < -0.3 is 10.4 Å². The molecule has 0 spiro atoms. The van der Waals surface area contributed by atoms with Crippen LogP contribution in [0.4, 0.5) is 9.59 Å². The smallest absolute Gasteiger partial charge is 0.415 e. The molecule has 0 aromatic heterocycles. The highest BCUT2D eigenvalue weighted by atomic mass is 79.9. The van der Waals surface area contributed by atoms with Crippen molar-refractivity contribution < 1.29 is 14.7 Å². The van der Waals surface area contributed by atoms with Gasteiger partial charge in [-0.05, 0) is 30.5 Å². The summed E-state index contributed by atoms with van der Waals surface area (Å²) in [5.74, 6) is 0.